The first-order chi connectivity index (χ1) is 5.33. The summed E-state index contributed by atoms with van der Waals surface area (Å²) < 4.78 is 28.6. The van der Waals surface area contributed by atoms with Gasteiger partial charge in [0.1, 0.15) is 0 Å². The largest absolute Gasteiger partial charge is 0.365 e. The maximum atomic E-state index is 10.3. The molecule has 3 N–H and O–H groups in total. The normalized spacial score (nSPS) is 13.0. The molecule has 1 amide bonds. The number of hydrogen-bond donors (Lipinski definition) is 2. The Morgan fingerprint density at radius 1 is 1.58 bits per heavy atom. The molecule has 7 heteroatoms. The molecule has 0 bridgehead atoms. The fourth-order valence-corrected chi connectivity index (χ4v) is 0.729. The smallest absolute Gasteiger partial charge is 0.266 e. The summed E-state index contributed by atoms with van der Waals surface area (Å²) in [5.41, 5.74) is 4.84. The SMILES string of the molecule is CC(=NCCS(=O)(=O)O)C(N)=O. The van der Waals surface area contributed by atoms with E-state index in [0.29, 0.717) is 0 Å². The van der Waals surface area contributed by atoms with Crippen molar-refractivity contribution in [3.05, 3.63) is 0 Å². The molecule has 0 aliphatic heterocycles. The van der Waals surface area contributed by atoms with E-state index in [1.807, 2.05) is 0 Å². The average molecular weight is 194 g/mol. The molecule has 0 aliphatic rings. The maximum absolute atomic E-state index is 10.3. The first-order valence-corrected chi connectivity index (χ1v) is 4.70. The molecule has 0 spiro atoms. The van der Waals surface area contributed by atoms with Crippen molar-refractivity contribution in [2.45, 2.75) is 6.92 Å². The summed E-state index contributed by atoms with van der Waals surface area (Å²) in [4.78, 5) is 13.8. The van der Waals surface area contributed by atoms with Gasteiger partial charge in [0, 0.05) is 0 Å². The number of rotatable bonds is 4. The minimum Gasteiger partial charge on any atom is -0.365 e. The number of nitrogens with two attached hydrogens (primary N) is 1. The quantitative estimate of drug-likeness (QED) is 0.433. The predicted molar refractivity (Wildman–Crippen MR) is 43.6 cm³/mol. The van der Waals surface area contributed by atoms with Gasteiger partial charge >= 0.3 is 0 Å². The zero-order valence-electron chi connectivity index (χ0n) is 6.52. The molecule has 0 saturated heterocycles. The van der Waals surface area contributed by atoms with Crippen LogP contribution in [0.25, 0.3) is 0 Å². The second-order valence-corrected chi connectivity index (χ2v) is 3.69. The lowest BCUT2D eigenvalue weighted by Gasteiger charge is -1.94. The van der Waals surface area contributed by atoms with E-state index >= 15 is 0 Å². The maximum Gasteiger partial charge on any atom is 0.266 e. The summed E-state index contributed by atoms with van der Waals surface area (Å²) in [7, 11) is -4.00. The van der Waals surface area contributed by atoms with E-state index in [0.717, 1.165) is 0 Å². The molecule has 0 aliphatic carbocycles. The Balaban J connectivity index is 4.00. The molecule has 70 valence electrons. The summed E-state index contributed by atoms with van der Waals surface area (Å²) in [5.74, 6) is -1.21. The Bertz CT molecular complexity index is 293. The van der Waals surface area contributed by atoms with Gasteiger partial charge in [-0.15, -0.1) is 0 Å². The zero-order chi connectivity index (χ0) is 9.78. The van der Waals surface area contributed by atoms with E-state index in [9.17, 15) is 13.2 Å². The highest BCUT2D eigenvalue weighted by Crippen LogP contribution is 1.84. The van der Waals surface area contributed by atoms with Crippen molar-refractivity contribution in [1.82, 2.24) is 0 Å². The van der Waals surface area contributed by atoms with Crippen LogP contribution in [-0.2, 0) is 14.9 Å². The molecule has 0 saturated carbocycles. The topological polar surface area (TPSA) is 110 Å². The van der Waals surface area contributed by atoms with Gasteiger partial charge in [-0.25, -0.2) is 0 Å². The van der Waals surface area contributed by atoms with Gasteiger partial charge in [0.2, 0.25) is 0 Å². The molecule has 0 fully saturated rings. The van der Waals surface area contributed by atoms with Gasteiger partial charge in [0.25, 0.3) is 16.0 Å². The van der Waals surface area contributed by atoms with E-state index in [-0.39, 0.29) is 12.3 Å². The number of nitrogens with zero attached hydrogens (tertiary/aromatic N) is 1. The van der Waals surface area contributed by atoms with Gasteiger partial charge in [-0.05, 0) is 6.92 Å². The van der Waals surface area contributed by atoms with Crippen LogP contribution in [-0.4, -0.2) is 36.9 Å². The second kappa shape index (κ2) is 4.17. The van der Waals surface area contributed by atoms with Crippen LogP contribution in [0, 0.1) is 0 Å². The summed E-state index contributed by atoms with van der Waals surface area (Å²) in [5, 5.41) is 0. The summed E-state index contributed by atoms with van der Waals surface area (Å²) >= 11 is 0. The summed E-state index contributed by atoms with van der Waals surface area (Å²) in [6.45, 7) is 1.21. The van der Waals surface area contributed by atoms with E-state index in [2.05, 4.69) is 4.99 Å². The van der Waals surface area contributed by atoms with Crippen LogP contribution in [0.4, 0.5) is 0 Å². The van der Waals surface area contributed by atoms with Crippen LogP contribution in [0.5, 0.6) is 0 Å². The van der Waals surface area contributed by atoms with Gasteiger partial charge in [-0.3, -0.25) is 14.3 Å². The van der Waals surface area contributed by atoms with E-state index in [1.165, 1.54) is 6.92 Å². The van der Waals surface area contributed by atoms with E-state index < -0.39 is 21.8 Å². The van der Waals surface area contributed by atoms with Crippen LogP contribution in [0.15, 0.2) is 4.99 Å². The molecule has 12 heavy (non-hydrogen) atoms. The summed E-state index contributed by atoms with van der Waals surface area (Å²) in [6.07, 6.45) is 0. The molecular weight excluding hydrogens is 184 g/mol. The van der Waals surface area contributed by atoms with Gasteiger partial charge < -0.3 is 5.73 Å². The van der Waals surface area contributed by atoms with E-state index in [1.54, 1.807) is 0 Å². The Kier molecular flexibility index (Phi) is 3.84. The second-order valence-electron chi connectivity index (χ2n) is 2.12. The standard InChI is InChI=1S/C5H10N2O4S/c1-4(5(6)8)7-2-3-12(9,10)11/h2-3H2,1H3,(H2,6,8)(H,9,10,11). The van der Waals surface area contributed by atoms with Crippen molar-refractivity contribution in [2.75, 3.05) is 12.3 Å². The van der Waals surface area contributed by atoms with Crippen molar-refractivity contribution in [3.63, 3.8) is 0 Å². The molecule has 6 nitrogen and oxygen atoms in total. The lowest BCUT2D eigenvalue weighted by Crippen LogP contribution is -2.21. The Morgan fingerprint density at radius 3 is 2.42 bits per heavy atom. The van der Waals surface area contributed by atoms with Crippen molar-refractivity contribution >= 4 is 21.7 Å². The number of amides is 1. The number of carbonyl (C=O) groups is 1. The van der Waals surface area contributed by atoms with Crippen LogP contribution >= 0.6 is 0 Å². The van der Waals surface area contributed by atoms with Crippen molar-refractivity contribution in [3.8, 4) is 0 Å². The molecule has 0 unspecified atom stereocenters. The Hall–Kier alpha value is -0.950. The van der Waals surface area contributed by atoms with Gasteiger partial charge in [-0.1, -0.05) is 0 Å². The van der Waals surface area contributed by atoms with Crippen molar-refractivity contribution in [2.24, 2.45) is 10.7 Å². The minimum absolute atomic E-state index is 0.0404. The van der Waals surface area contributed by atoms with E-state index in [4.69, 9.17) is 10.3 Å². The molecule has 0 aromatic rings. The number of primary amides is 1. The predicted octanol–water partition coefficient (Wildman–Crippen LogP) is -1.18. The van der Waals surface area contributed by atoms with Gasteiger partial charge in [0.05, 0.1) is 18.0 Å². The third-order valence-electron chi connectivity index (χ3n) is 1.05. The van der Waals surface area contributed by atoms with Gasteiger partial charge in [-0.2, -0.15) is 8.42 Å². The van der Waals surface area contributed by atoms with Gasteiger partial charge in [0.15, 0.2) is 0 Å². The number of hydrogen-bond acceptors (Lipinski definition) is 4. The molecule has 0 aromatic heterocycles. The first kappa shape index (κ1) is 11.1. The third-order valence-corrected chi connectivity index (χ3v) is 1.75. The summed E-state index contributed by atoms with van der Waals surface area (Å²) in [6, 6.07) is 0. The fraction of sp³-hybridized carbons (Fsp3) is 0.600. The number of carbonyl (C=O) groups excluding carboxylic acids is 1. The van der Waals surface area contributed by atoms with Crippen molar-refractivity contribution < 1.29 is 17.8 Å². The lowest BCUT2D eigenvalue weighted by atomic mass is 10.4. The number of aliphatic imine (C=N–C) groups is 1. The fourth-order valence-electron chi connectivity index (χ4n) is 0.407. The van der Waals surface area contributed by atoms with Crippen molar-refractivity contribution in [1.29, 1.82) is 0 Å². The Labute approximate surface area is 70.2 Å². The molecule has 0 atom stereocenters. The highest BCUT2D eigenvalue weighted by atomic mass is 32.2. The Morgan fingerprint density at radius 2 is 2.08 bits per heavy atom. The monoisotopic (exact) mass is 194 g/mol. The average Bonchev–Trinajstić information content (AvgIpc) is 1.84. The highest BCUT2D eigenvalue weighted by Gasteiger charge is 2.03. The lowest BCUT2D eigenvalue weighted by molar-refractivity contribution is -0.112. The first-order valence-electron chi connectivity index (χ1n) is 3.09. The van der Waals surface area contributed by atoms with Crippen LogP contribution < -0.4 is 5.73 Å². The molecular formula is C5H10N2O4S. The molecule has 0 rings (SSSR count). The van der Waals surface area contributed by atoms with Crippen LogP contribution in [0.3, 0.4) is 0 Å². The molecule has 0 heterocycles. The zero-order valence-corrected chi connectivity index (χ0v) is 7.34. The molecule has 0 aromatic carbocycles. The third kappa shape index (κ3) is 5.81. The van der Waals surface area contributed by atoms with Crippen LogP contribution in [0.2, 0.25) is 0 Å². The highest BCUT2D eigenvalue weighted by molar-refractivity contribution is 7.85. The molecule has 0 radical (unpaired) electrons. The van der Waals surface area contributed by atoms with Crippen LogP contribution in [0.1, 0.15) is 6.92 Å². The minimum atomic E-state index is -4.00.